The number of hydrogen-bond donors (Lipinski definition) is 4. The summed E-state index contributed by atoms with van der Waals surface area (Å²) in [6, 6.07) is 16.4. The Morgan fingerprint density at radius 1 is 1.10 bits per heavy atom. The van der Waals surface area contributed by atoms with E-state index in [1.807, 2.05) is 48.5 Å². The topological polar surface area (TPSA) is 104 Å². The highest BCUT2D eigenvalue weighted by Gasteiger charge is 2.31. The van der Waals surface area contributed by atoms with Crippen LogP contribution in [0.15, 0.2) is 59.7 Å². The summed E-state index contributed by atoms with van der Waals surface area (Å²) in [6.45, 7) is 0.227. The maximum Gasteiger partial charge on any atom is 0.258 e. The summed E-state index contributed by atoms with van der Waals surface area (Å²) in [5.74, 6) is 1.28. The van der Waals surface area contributed by atoms with Gasteiger partial charge in [0.05, 0.1) is 6.21 Å². The third-order valence-corrected chi connectivity index (χ3v) is 5.33. The lowest BCUT2D eigenvalue weighted by Crippen LogP contribution is -2.41. The average molecular weight is 404 g/mol. The first-order valence-corrected chi connectivity index (χ1v) is 9.63. The van der Waals surface area contributed by atoms with E-state index in [0.29, 0.717) is 17.7 Å². The van der Waals surface area contributed by atoms with E-state index in [2.05, 4.69) is 21.4 Å². The third-order valence-electron chi connectivity index (χ3n) is 5.33. The molecule has 2 atom stereocenters. The summed E-state index contributed by atoms with van der Waals surface area (Å²) in [4.78, 5) is 12.5. The SMILES string of the molecule is O=C(N/N=C/c1c(O)ccc2ccccc12)C1CC(c2ccc3c(c2)OCO3)NN1. The average Bonchev–Trinajstić information content (AvgIpc) is 3.44. The molecule has 0 radical (unpaired) electrons. The molecule has 3 aromatic carbocycles. The number of aromatic hydroxyl groups is 1. The second kappa shape index (κ2) is 7.66. The van der Waals surface area contributed by atoms with Crippen LogP contribution >= 0.6 is 0 Å². The Kier molecular flexibility index (Phi) is 4.70. The zero-order valence-corrected chi connectivity index (χ0v) is 16.0. The van der Waals surface area contributed by atoms with Crippen LogP contribution in [0.5, 0.6) is 17.2 Å². The molecule has 0 saturated carbocycles. The second-order valence-corrected chi connectivity index (χ2v) is 7.20. The van der Waals surface area contributed by atoms with Crippen molar-refractivity contribution in [2.75, 3.05) is 6.79 Å². The van der Waals surface area contributed by atoms with Gasteiger partial charge in [0.15, 0.2) is 11.5 Å². The number of hydrogen-bond acceptors (Lipinski definition) is 7. The maximum absolute atomic E-state index is 12.5. The fourth-order valence-electron chi connectivity index (χ4n) is 3.73. The van der Waals surface area contributed by atoms with Gasteiger partial charge in [0.1, 0.15) is 11.8 Å². The molecule has 0 spiro atoms. The number of fused-ring (bicyclic) bond motifs is 2. The molecule has 8 heteroatoms. The molecule has 1 amide bonds. The number of rotatable bonds is 4. The van der Waals surface area contributed by atoms with Crippen LogP contribution in [0, 0.1) is 0 Å². The molecule has 0 bridgehead atoms. The highest BCUT2D eigenvalue weighted by molar-refractivity contribution is 6.02. The summed E-state index contributed by atoms with van der Waals surface area (Å²) in [6.07, 6.45) is 2.02. The van der Waals surface area contributed by atoms with E-state index in [-0.39, 0.29) is 24.5 Å². The first kappa shape index (κ1) is 18.4. The number of nitrogens with zero attached hydrogens (tertiary/aromatic N) is 1. The standard InChI is InChI=1S/C22H20N4O4/c27-19-7-5-13-3-1-2-4-15(13)16(19)11-23-26-22(28)18-10-17(24-25-18)14-6-8-20-21(9-14)30-12-29-20/h1-9,11,17-18,24-25,27H,10,12H2,(H,26,28)/b23-11+. The molecular formula is C22H20N4O4. The first-order chi connectivity index (χ1) is 14.7. The highest BCUT2D eigenvalue weighted by Crippen LogP contribution is 2.35. The third kappa shape index (κ3) is 3.42. The Morgan fingerprint density at radius 2 is 1.97 bits per heavy atom. The molecule has 5 rings (SSSR count). The number of phenolic OH excluding ortho intramolecular Hbond substituents is 1. The largest absolute Gasteiger partial charge is 0.507 e. The van der Waals surface area contributed by atoms with Crippen molar-refractivity contribution in [2.24, 2.45) is 5.10 Å². The summed E-state index contributed by atoms with van der Waals surface area (Å²) in [5.41, 5.74) is 10.3. The van der Waals surface area contributed by atoms with E-state index in [0.717, 1.165) is 22.1 Å². The van der Waals surface area contributed by atoms with Crippen molar-refractivity contribution in [1.82, 2.24) is 16.3 Å². The van der Waals surface area contributed by atoms with E-state index in [9.17, 15) is 9.90 Å². The fraction of sp³-hybridized carbons (Fsp3) is 0.182. The van der Waals surface area contributed by atoms with Gasteiger partial charge >= 0.3 is 0 Å². The van der Waals surface area contributed by atoms with Crippen LogP contribution in [-0.2, 0) is 4.79 Å². The van der Waals surface area contributed by atoms with Gasteiger partial charge in [0.25, 0.3) is 5.91 Å². The minimum atomic E-state index is -0.446. The number of hydrazone groups is 1. The van der Waals surface area contributed by atoms with Crippen LogP contribution in [0.2, 0.25) is 0 Å². The Morgan fingerprint density at radius 3 is 2.90 bits per heavy atom. The molecule has 1 fully saturated rings. The zero-order chi connectivity index (χ0) is 20.5. The normalized spacial score (nSPS) is 20.1. The summed E-state index contributed by atoms with van der Waals surface area (Å²) >= 11 is 0. The molecule has 2 aliphatic rings. The van der Waals surface area contributed by atoms with Gasteiger partial charge in [-0.25, -0.2) is 16.3 Å². The van der Waals surface area contributed by atoms with Gasteiger partial charge in [-0.15, -0.1) is 0 Å². The van der Waals surface area contributed by atoms with E-state index in [1.54, 1.807) is 6.07 Å². The molecule has 30 heavy (non-hydrogen) atoms. The monoisotopic (exact) mass is 404 g/mol. The number of phenols is 1. The Balaban J connectivity index is 1.24. The number of amides is 1. The van der Waals surface area contributed by atoms with Gasteiger partial charge in [-0.05, 0) is 41.0 Å². The zero-order valence-electron chi connectivity index (χ0n) is 16.0. The number of hydrazine groups is 1. The molecule has 2 heterocycles. The molecular weight excluding hydrogens is 384 g/mol. The summed E-state index contributed by atoms with van der Waals surface area (Å²) < 4.78 is 10.8. The summed E-state index contributed by atoms with van der Waals surface area (Å²) in [7, 11) is 0. The van der Waals surface area contributed by atoms with E-state index in [1.165, 1.54) is 6.21 Å². The van der Waals surface area contributed by atoms with Crippen LogP contribution < -0.4 is 25.8 Å². The van der Waals surface area contributed by atoms with Crippen molar-refractivity contribution in [3.8, 4) is 17.2 Å². The van der Waals surface area contributed by atoms with Gasteiger partial charge in [-0.3, -0.25) is 4.79 Å². The number of ether oxygens (including phenoxy) is 2. The molecule has 152 valence electrons. The van der Waals surface area contributed by atoms with Crippen molar-refractivity contribution in [3.05, 3.63) is 65.7 Å². The van der Waals surface area contributed by atoms with E-state index >= 15 is 0 Å². The van der Waals surface area contributed by atoms with Gasteiger partial charge in [0, 0.05) is 11.6 Å². The van der Waals surface area contributed by atoms with Gasteiger partial charge in [-0.1, -0.05) is 36.4 Å². The first-order valence-electron chi connectivity index (χ1n) is 9.63. The lowest BCUT2D eigenvalue weighted by atomic mass is 10.0. The van der Waals surface area contributed by atoms with Crippen molar-refractivity contribution in [2.45, 2.75) is 18.5 Å². The predicted molar refractivity (Wildman–Crippen MR) is 111 cm³/mol. The molecule has 0 aliphatic carbocycles. The Bertz CT molecular complexity index is 1150. The van der Waals surface area contributed by atoms with Gasteiger partial charge < -0.3 is 14.6 Å². The lowest BCUT2D eigenvalue weighted by Gasteiger charge is -2.10. The van der Waals surface area contributed by atoms with Gasteiger partial charge in [0.2, 0.25) is 6.79 Å². The Labute approximate surface area is 172 Å². The number of carbonyl (C=O) groups is 1. The van der Waals surface area contributed by atoms with Crippen molar-refractivity contribution in [3.63, 3.8) is 0 Å². The highest BCUT2D eigenvalue weighted by atomic mass is 16.7. The van der Waals surface area contributed by atoms with Crippen LogP contribution in [-0.4, -0.2) is 30.1 Å². The maximum atomic E-state index is 12.5. The van der Waals surface area contributed by atoms with Crippen molar-refractivity contribution < 1.29 is 19.4 Å². The molecule has 0 aromatic heterocycles. The minimum Gasteiger partial charge on any atom is -0.507 e. The van der Waals surface area contributed by atoms with Crippen LogP contribution in [0.25, 0.3) is 10.8 Å². The molecule has 1 saturated heterocycles. The van der Waals surface area contributed by atoms with Crippen LogP contribution in [0.1, 0.15) is 23.6 Å². The number of carbonyl (C=O) groups excluding carboxylic acids is 1. The van der Waals surface area contributed by atoms with Crippen molar-refractivity contribution >= 4 is 22.9 Å². The number of benzene rings is 3. The lowest BCUT2D eigenvalue weighted by molar-refractivity contribution is -0.122. The van der Waals surface area contributed by atoms with Crippen LogP contribution in [0.3, 0.4) is 0 Å². The molecule has 2 unspecified atom stereocenters. The minimum absolute atomic E-state index is 0.0404. The van der Waals surface area contributed by atoms with Crippen molar-refractivity contribution in [1.29, 1.82) is 0 Å². The van der Waals surface area contributed by atoms with E-state index in [4.69, 9.17) is 9.47 Å². The molecule has 4 N–H and O–H groups in total. The van der Waals surface area contributed by atoms with Gasteiger partial charge in [-0.2, -0.15) is 5.10 Å². The molecule has 3 aromatic rings. The molecule has 2 aliphatic heterocycles. The Hall–Kier alpha value is -3.62. The number of nitrogens with one attached hydrogen (secondary N) is 3. The van der Waals surface area contributed by atoms with E-state index < -0.39 is 6.04 Å². The fourth-order valence-corrected chi connectivity index (χ4v) is 3.73. The van der Waals surface area contributed by atoms with Crippen LogP contribution in [0.4, 0.5) is 0 Å². The second-order valence-electron chi connectivity index (χ2n) is 7.20. The molecule has 8 nitrogen and oxygen atoms in total. The summed E-state index contributed by atoms with van der Waals surface area (Å²) in [5, 5.41) is 16.1. The quantitative estimate of drug-likeness (QED) is 0.393. The predicted octanol–water partition coefficient (Wildman–Crippen LogP) is 2.33. The smallest absolute Gasteiger partial charge is 0.258 e.